The summed E-state index contributed by atoms with van der Waals surface area (Å²) in [6.07, 6.45) is 1.91. The van der Waals surface area contributed by atoms with Crippen molar-refractivity contribution in [1.82, 2.24) is 0 Å². The van der Waals surface area contributed by atoms with Crippen LogP contribution in [-0.2, 0) is 5.54 Å². The molecule has 0 unspecified atom stereocenters. The molecule has 0 bridgehead atoms. The second kappa shape index (κ2) is 2.79. The molecule has 0 spiro atoms. The van der Waals surface area contributed by atoms with Crippen LogP contribution in [0.1, 0.15) is 24.0 Å². The molecular weight excluding hydrogens is 233 g/mol. The van der Waals surface area contributed by atoms with Crippen molar-refractivity contribution in [3.05, 3.63) is 33.5 Å². The second-order valence-corrected chi connectivity index (χ2v) is 4.50. The minimum Gasteiger partial charge on any atom is -0.321 e. The van der Waals surface area contributed by atoms with Crippen molar-refractivity contribution >= 4 is 15.9 Å². The van der Waals surface area contributed by atoms with Crippen LogP contribution in [0.4, 0.5) is 4.39 Å². The molecule has 1 saturated carbocycles. The molecule has 1 fully saturated rings. The fraction of sp³-hybridized carbons (Fsp3) is 0.400. The van der Waals surface area contributed by atoms with Gasteiger partial charge in [-0.3, -0.25) is 0 Å². The first kappa shape index (κ1) is 9.16. The summed E-state index contributed by atoms with van der Waals surface area (Å²) < 4.78 is 13.7. The number of nitrogens with two attached hydrogens (primary N) is 1. The van der Waals surface area contributed by atoms with Gasteiger partial charge in [0.05, 0.1) is 4.47 Å². The van der Waals surface area contributed by atoms with Crippen LogP contribution in [0.3, 0.4) is 0 Å². The van der Waals surface area contributed by atoms with E-state index in [-0.39, 0.29) is 11.4 Å². The highest BCUT2D eigenvalue weighted by Crippen LogP contribution is 2.47. The average molecular weight is 244 g/mol. The zero-order valence-electron chi connectivity index (χ0n) is 7.40. The van der Waals surface area contributed by atoms with E-state index in [4.69, 9.17) is 5.73 Å². The molecule has 0 aromatic heterocycles. The molecule has 0 amide bonds. The van der Waals surface area contributed by atoms with Gasteiger partial charge in [-0.15, -0.1) is 0 Å². The normalized spacial score (nSPS) is 18.8. The van der Waals surface area contributed by atoms with Crippen LogP contribution < -0.4 is 5.73 Å². The van der Waals surface area contributed by atoms with Gasteiger partial charge in [0.25, 0.3) is 0 Å². The lowest BCUT2D eigenvalue weighted by molar-refractivity contribution is 0.608. The lowest BCUT2D eigenvalue weighted by Gasteiger charge is -2.15. The number of rotatable bonds is 1. The Morgan fingerprint density at radius 2 is 2.08 bits per heavy atom. The second-order valence-electron chi connectivity index (χ2n) is 3.71. The van der Waals surface area contributed by atoms with Gasteiger partial charge in [0, 0.05) is 5.54 Å². The summed E-state index contributed by atoms with van der Waals surface area (Å²) in [6.45, 7) is 1.96. The number of halogens is 2. The van der Waals surface area contributed by atoms with Gasteiger partial charge in [0.2, 0.25) is 0 Å². The van der Waals surface area contributed by atoms with E-state index in [2.05, 4.69) is 15.9 Å². The van der Waals surface area contributed by atoms with E-state index < -0.39 is 0 Å². The van der Waals surface area contributed by atoms with Crippen LogP contribution in [0.5, 0.6) is 0 Å². The molecule has 0 heterocycles. The molecule has 2 rings (SSSR count). The summed E-state index contributed by atoms with van der Waals surface area (Å²) in [5, 5.41) is 0. The molecule has 13 heavy (non-hydrogen) atoms. The summed E-state index contributed by atoms with van der Waals surface area (Å²) in [4.78, 5) is 0. The number of hydrogen-bond donors (Lipinski definition) is 1. The van der Waals surface area contributed by atoms with E-state index in [0.717, 1.165) is 24.0 Å². The fourth-order valence-corrected chi connectivity index (χ4v) is 2.48. The fourth-order valence-electron chi connectivity index (χ4n) is 1.64. The maximum atomic E-state index is 13.2. The Morgan fingerprint density at radius 3 is 2.62 bits per heavy atom. The quantitative estimate of drug-likeness (QED) is 0.807. The number of hydrogen-bond acceptors (Lipinski definition) is 1. The Labute approximate surface area is 85.3 Å². The van der Waals surface area contributed by atoms with E-state index in [0.29, 0.717) is 4.47 Å². The van der Waals surface area contributed by atoms with E-state index >= 15 is 0 Å². The number of aryl methyl sites for hydroxylation is 1. The zero-order chi connectivity index (χ0) is 9.64. The minimum atomic E-state index is -0.273. The van der Waals surface area contributed by atoms with Crippen LogP contribution in [0.2, 0.25) is 0 Å². The standard InChI is InChI=1S/C10H11BrFN/c1-6-2-3-7(12)9(11)8(6)10(13)4-5-10/h2-3H,4-5,13H2,1H3. The molecule has 0 aliphatic heterocycles. The van der Waals surface area contributed by atoms with Crippen molar-refractivity contribution in [3.8, 4) is 0 Å². The molecule has 2 N–H and O–H groups in total. The van der Waals surface area contributed by atoms with E-state index in [9.17, 15) is 4.39 Å². The van der Waals surface area contributed by atoms with Crippen LogP contribution in [0, 0.1) is 12.7 Å². The first-order valence-corrected chi connectivity index (χ1v) is 5.08. The molecule has 3 heteroatoms. The largest absolute Gasteiger partial charge is 0.321 e. The molecule has 1 aromatic rings. The predicted octanol–water partition coefficient (Wildman–Crippen LogP) is 2.84. The van der Waals surface area contributed by atoms with Gasteiger partial charge in [-0.05, 0) is 52.9 Å². The molecule has 1 nitrogen and oxygen atoms in total. The molecular formula is C10H11BrFN. The smallest absolute Gasteiger partial charge is 0.137 e. The number of benzene rings is 1. The van der Waals surface area contributed by atoms with Crippen molar-refractivity contribution in [2.24, 2.45) is 5.73 Å². The third-order valence-electron chi connectivity index (χ3n) is 2.59. The van der Waals surface area contributed by atoms with Gasteiger partial charge in [0.15, 0.2) is 0 Å². The van der Waals surface area contributed by atoms with Crippen LogP contribution in [0.15, 0.2) is 16.6 Å². The van der Waals surface area contributed by atoms with Crippen LogP contribution in [-0.4, -0.2) is 0 Å². The van der Waals surface area contributed by atoms with Crippen LogP contribution in [0.25, 0.3) is 0 Å². The monoisotopic (exact) mass is 243 g/mol. The first-order valence-electron chi connectivity index (χ1n) is 4.28. The lowest BCUT2D eigenvalue weighted by atomic mass is 10.00. The highest BCUT2D eigenvalue weighted by atomic mass is 79.9. The summed E-state index contributed by atoms with van der Waals surface area (Å²) in [5.41, 5.74) is 7.77. The molecule has 1 aliphatic rings. The summed E-state index contributed by atoms with van der Waals surface area (Å²) in [7, 11) is 0. The van der Waals surface area contributed by atoms with Crippen molar-refractivity contribution < 1.29 is 4.39 Å². The topological polar surface area (TPSA) is 26.0 Å². The summed E-state index contributed by atoms with van der Waals surface area (Å²) >= 11 is 3.25. The van der Waals surface area contributed by atoms with E-state index in [1.165, 1.54) is 6.07 Å². The zero-order valence-corrected chi connectivity index (χ0v) is 8.99. The van der Waals surface area contributed by atoms with Gasteiger partial charge < -0.3 is 5.73 Å². The first-order chi connectivity index (χ1) is 6.04. The van der Waals surface area contributed by atoms with Crippen molar-refractivity contribution in [2.45, 2.75) is 25.3 Å². The molecule has 70 valence electrons. The predicted molar refractivity (Wildman–Crippen MR) is 53.9 cm³/mol. The third-order valence-corrected chi connectivity index (χ3v) is 3.37. The van der Waals surface area contributed by atoms with Crippen molar-refractivity contribution in [1.29, 1.82) is 0 Å². The average Bonchev–Trinajstić information content (AvgIpc) is 2.78. The summed E-state index contributed by atoms with van der Waals surface area (Å²) in [5.74, 6) is -0.225. The molecule has 0 radical (unpaired) electrons. The molecule has 0 atom stereocenters. The molecule has 1 aliphatic carbocycles. The third kappa shape index (κ3) is 1.40. The maximum Gasteiger partial charge on any atom is 0.137 e. The van der Waals surface area contributed by atoms with E-state index in [1.807, 2.05) is 6.92 Å². The van der Waals surface area contributed by atoms with Crippen LogP contribution >= 0.6 is 15.9 Å². The maximum absolute atomic E-state index is 13.2. The van der Waals surface area contributed by atoms with Gasteiger partial charge in [0.1, 0.15) is 5.82 Å². The Balaban J connectivity index is 2.61. The minimum absolute atomic E-state index is 0.225. The Bertz CT molecular complexity index is 358. The molecule has 0 saturated heterocycles. The highest BCUT2D eigenvalue weighted by Gasteiger charge is 2.42. The van der Waals surface area contributed by atoms with Crippen molar-refractivity contribution in [2.75, 3.05) is 0 Å². The van der Waals surface area contributed by atoms with Crippen molar-refractivity contribution in [3.63, 3.8) is 0 Å². The SMILES string of the molecule is Cc1ccc(F)c(Br)c1C1(N)CC1. The van der Waals surface area contributed by atoms with Gasteiger partial charge in [-0.1, -0.05) is 6.07 Å². The van der Waals surface area contributed by atoms with Gasteiger partial charge in [-0.2, -0.15) is 0 Å². The van der Waals surface area contributed by atoms with E-state index in [1.54, 1.807) is 6.07 Å². The van der Waals surface area contributed by atoms with Gasteiger partial charge in [-0.25, -0.2) is 4.39 Å². The Morgan fingerprint density at radius 1 is 1.46 bits per heavy atom. The lowest BCUT2D eigenvalue weighted by Crippen LogP contribution is -2.21. The highest BCUT2D eigenvalue weighted by molar-refractivity contribution is 9.10. The Hall–Kier alpha value is -0.410. The summed E-state index contributed by atoms with van der Waals surface area (Å²) in [6, 6.07) is 3.25. The van der Waals surface area contributed by atoms with Gasteiger partial charge >= 0.3 is 0 Å². The molecule has 1 aromatic carbocycles. The Kier molecular flexibility index (Phi) is 1.96.